The van der Waals surface area contributed by atoms with E-state index in [0.717, 1.165) is 21.5 Å². The zero-order valence-corrected chi connectivity index (χ0v) is 8.13. The van der Waals surface area contributed by atoms with Gasteiger partial charge in [0.05, 0.1) is 16.8 Å². The normalized spacial score (nSPS) is 15.1. The zero-order valence-electron chi connectivity index (χ0n) is 7.32. The largest absolute Gasteiger partial charge is 0.467 e. The highest BCUT2D eigenvalue weighted by Crippen LogP contribution is 2.35. The average Bonchev–Trinajstić information content (AvgIpc) is 2.59. The van der Waals surface area contributed by atoms with Crippen LogP contribution in [0.2, 0.25) is 0 Å². The summed E-state index contributed by atoms with van der Waals surface area (Å²) in [5.74, 6) is 0.882. The molecule has 2 N–H and O–H groups in total. The number of anilines is 1. The van der Waals surface area contributed by atoms with Crippen LogP contribution in [0.4, 0.5) is 5.13 Å². The van der Waals surface area contributed by atoms with Gasteiger partial charge in [-0.1, -0.05) is 11.3 Å². The van der Waals surface area contributed by atoms with Crippen LogP contribution in [0.25, 0.3) is 10.2 Å². The molecule has 0 amide bonds. The van der Waals surface area contributed by atoms with Crippen LogP contribution in [0.15, 0.2) is 12.1 Å². The average molecular weight is 208 g/mol. The van der Waals surface area contributed by atoms with Crippen LogP contribution in [0.5, 0.6) is 5.75 Å². The van der Waals surface area contributed by atoms with E-state index in [0.29, 0.717) is 18.5 Å². The number of benzene rings is 1. The van der Waals surface area contributed by atoms with Crippen LogP contribution in [-0.4, -0.2) is 11.8 Å². The lowest BCUT2D eigenvalue weighted by Crippen LogP contribution is -2.10. The second-order valence-corrected chi connectivity index (χ2v) is 4.08. The molecule has 1 aliphatic rings. The Morgan fingerprint density at radius 1 is 1.43 bits per heavy atom. The number of hydrogen-bond acceptors (Lipinski definition) is 5. The molecule has 0 saturated carbocycles. The maximum absolute atomic E-state index is 5.65. The van der Waals surface area contributed by atoms with E-state index in [2.05, 4.69) is 4.98 Å². The van der Waals surface area contributed by atoms with E-state index in [-0.39, 0.29) is 0 Å². The lowest BCUT2D eigenvalue weighted by atomic mass is 10.2. The topological polar surface area (TPSA) is 57.4 Å². The SMILES string of the molecule is Nc1nc2ccc3c(c2s1)COCO3. The fraction of sp³-hybridized carbons (Fsp3) is 0.222. The van der Waals surface area contributed by atoms with Gasteiger partial charge in [-0.05, 0) is 12.1 Å². The minimum atomic E-state index is 0.326. The van der Waals surface area contributed by atoms with Crippen LogP contribution in [0.1, 0.15) is 5.56 Å². The quantitative estimate of drug-likeness (QED) is 0.716. The minimum absolute atomic E-state index is 0.326. The third-order valence-corrected chi connectivity index (χ3v) is 3.14. The number of rotatable bonds is 0. The molecule has 5 heteroatoms. The molecule has 0 spiro atoms. The van der Waals surface area contributed by atoms with Gasteiger partial charge in [0, 0.05) is 5.56 Å². The Kier molecular flexibility index (Phi) is 1.62. The molecule has 14 heavy (non-hydrogen) atoms. The predicted molar refractivity (Wildman–Crippen MR) is 54.3 cm³/mol. The molecule has 0 unspecified atom stereocenters. The molecule has 2 heterocycles. The number of nitrogen functional groups attached to an aromatic ring is 1. The number of fused-ring (bicyclic) bond motifs is 3. The van der Waals surface area contributed by atoms with Crippen LogP contribution in [0.3, 0.4) is 0 Å². The first-order chi connectivity index (χ1) is 6.84. The smallest absolute Gasteiger partial charge is 0.189 e. The van der Waals surface area contributed by atoms with Crippen molar-refractivity contribution in [2.75, 3.05) is 12.5 Å². The Morgan fingerprint density at radius 3 is 3.29 bits per heavy atom. The molecule has 0 bridgehead atoms. The van der Waals surface area contributed by atoms with Gasteiger partial charge in [0.1, 0.15) is 5.75 Å². The Morgan fingerprint density at radius 2 is 2.36 bits per heavy atom. The summed E-state index contributed by atoms with van der Waals surface area (Å²) in [6, 6.07) is 3.84. The monoisotopic (exact) mass is 208 g/mol. The van der Waals surface area contributed by atoms with Crippen molar-refractivity contribution in [1.29, 1.82) is 0 Å². The number of nitrogens with zero attached hydrogens (tertiary/aromatic N) is 1. The number of thiazole rings is 1. The fourth-order valence-corrected chi connectivity index (χ4v) is 2.42. The molecule has 0 saturated heterocycles. The van der Waals surface area contributed by atoms with Gasteiger partial charge in [-0.15, -0.1) is 0 Å². The maximum Gasteiger partial charge on any atom is 0.189 e. The van der Waals surface area contributed by atoms with E-state index in [1.54, 1.807) is 0 Å². The van der Waals surface area contributed by atoms with Crippen LogP contribution < -0.4 is 10.5 Å². The molecule has 1 aromatic heterocycles. The van der Waals surface area contributed by atoms with Crippen molar-refractivity contribution in [2.24, 2.45) is 0 Å². The maximum atomic E-state index is 5.65. The number of aromatic nitrogens is 1. The van der Waals surface area contributed by atoms with Gasteiger partial charge in [0.15, 0.2) is 11.9 Å². The van der Waals surface area contributed by atoms with E-state index in [1.807, 2.05) is 12.1 Å². The van der Waals surface area contributed by atoms with Gasteiger partial charge < -0.3 is 15.2 Å². The van der Waals surface area contributed by atoms with Crippen molar-refractivity contribution in [3.05, 3.63) is 17.7 Å². The van der Waals surface area contributed by atoms with Crippen LogP contribution in [-0.2, 0) is 11.3 Å². The highest BCUT2D eigenvalue weighted by molar-refractivity contribution is 7.22. The first-order valence-corrected chi connectivity index (χ1v) is 5.05. The Hall–Kier alpha value is -1.33. The minimum Gasteiger partial charge on any atom is -0.467 e. The molecule has 1 aliphatic heterocycles. The van der Waals surface area contributed by atoms with Gasteiger partial charge >= 0.3 is 0 Å². The second kappa shape index (κ2) is 2.83. The first-order valence-electron chi connectivity index (χ1n) is 4.23. The molecule has 4 nitrogen and oxygen atoms in total. The molecule has 72 valence electrons. The van der Waals surface area contributed by atoms with Crippen LogP contribution in [0, 0.1) is 0 Å². The van der Waals surface area contributed by atoms with Gasteiger partial charge in [-0.3, -0.25) is 0 Å². The molecule has 3 rings (SSSR count). The van der Waals surface area contributed by atoms with E-state index in [4.69, 9.17) is 15.2 Å². The molecule has 2 aromatic rings. The van der Waals surface area contributed by atoms with Crippen molar-refractivity contribution < 1.29 is 9.47 Å². The third kappa shape index (κ3) is 1.06. The summed E-state index contributed by atoms with van der Waals surface area (Å²) < 4.78 is 11.7. The first kappa shape index (κ1) is 8.02. The zero-order chi connectivity index (χ0) is 9.54. The summed E-state index contributed by atoms with van der Waals surface area (Å²) in [6.45, 7) is 0.904. The molecule has 0 radical (unpaired) electrons. The molecule has 0 aliphatic carbocycles. The highest BCUT2D eigenvalue weighted by atomic mass is 32.1. The van der Waals surface area contributed by atoms with E-state index in [1.165, 1.54) is 11.3 Å². The number of nitrogens with two attached hydrogens (primary N) is 1. The van der Waals surface area contributed by atoms with Crippen LogP contribution >= 0.6 is 11.3 Å². The van der Waals surface area contributed by atoms with Gasteiger partial charge in [-0.25, -0.2) is 4.98 Å². The molecular weight excluding hydrogens is 200 g/mol. The van der Waals surface area contributed by atoms with Gasteiger partial charge in [0.2, 0.25) is 0 Å². The lowest BCUT2D eigenvalue weighted by Gasteiger charge is -2.17. The van der Waals surface area contributed by atoms with Crippen molar-refractivity contribution in [1.82, 2.24) is 4.98 Å². The predicted octanol–water partition coefficient (Wildman–Crippen LogP) is 1.74. The fourth-order valence-electron chi connectivity index (χ4n) is 1.57. The molecule has 1 aromatic carbocycles. The molecule has 0 atom stereocenters. The van der Waals surface area contributed by atoms with Gasteiger partial charge in [0.25, 0.3) is 0 Å². The van der Waals surface area contributed by atoms with Crippen molar-refractivity contribution >= 4 is 26.7 Å². The van der Waals surface area contributed by atoms with Crippen molar-refractivity contribution in [3.8, 4) is 5.75 Å². The van der Waals surface area contributed by atoms with E-state index in [9.17, 15) is 0 Å². The lowest BCUT2D eigenvalue weighted by molar-refractivity contribution is -0.0154. The van der Waals surface area contributed by atoms with E-state index >= 15 is 0 Å². The number of hydrogen-bond donors (Lipinski definition) is 1. The Balaban J connectivity index is 2.33. The standard InChI is InChI=1S/C9H8N2O2S/c10-9-11-6-1-2-7-5(8(6)14-9)3-12-4-13-7/h1-2H,3-4H2,(H2,10,11). The molecular formula is C9H8N2O2S. The second-order valence-electron chi connectivity index (χ2n) is 3.05. The summed E-state index contributed by atoms with van der Waals surface area (Å²) >= 11 is 1.47. The Bertz CT molecular complexity index is 495. The molecule has 0 fully saturated rings. The van der Waals surface area contributed by atoms with Crippen molar-refractivity contribution in [3.63, 3.8) is 0 Å². The Labute approximate surface area is 84.3 Å². The number of ether oxygens (including phenoxy) is 2. The van der Waals surface area contributed by atoms with Crippen molar-refractivity contribution in [2.45, 2.75) is 6.61 Å². The third-order valence-electron chi connectivity index (χ3n) is 2.18. The van der Waals surface area contributed by atoms with E-state index < -0.39 is 0 Å². The van der Waals surface area contributed by atoms with Gasteiger partial charge in [-0.2, -0.15) is 0 Å². The summed E-state index contributed by atoms with van der Waals surface area (Å²) in [5, 5.41) is 0.582. The summed E-state index contributed by atoms with van der Waals surface area (Å²) in [7, 11) is 0. The summed E-state index contributed by atoms with van der Waals surface area (Å²) in [4.78, 5) is 4.21. The summed E-state index contributed by atoms with van der Waals surface area (Å²) in [5.41, 5.74) is 7.62. The summed E-state index contributed by atoms with van der Waals surface area (Å²) in [6.07, 6.45) is 0. The highest BCUT2D eigenvalue weighted by Gasteiger charge is 2.16.